The number of benzene rings is 2. The molecule has 1 aliphatic heterocycles. The Labute approximate surface area is 208 Å². The molecule has 184 valence electrons. The topological polar surface area (TPSA) is 63.7 Å². The lowest BCUT2D eigenvalue weighted by Crippen LogP contribution is -2.33. The van der Waals surface area contributed by atoms with Gasteiger partial charge in [-0.3, -0.25) is 9.59 Å². The number of hydrogen-bond donors (Lipinski definition) is 0. The zero-order chi connectivity index (χ0) is 25.6. The van der Waals surface area contributed by atoms with Crippen LogP contribution in [-0.4, -0.2) is 41.3 Å². The average molecular weight is 474 g/mol. The third-order valence-electron chi connectivity index (χ3n) is 5.85. The second kappa shape index (κ2) is 11.4. The summed E-state index contributed by atoms with van der Waals surface area (Å²) in [5.41, 5.74) is 2.88. The molecule has 5 nitrogen and oxygen atoms in total. The third-order valence-corrected chi connectivity index (χ3v) is 5.85. The minimum absolute atomic E-state index is 0.0938. The molecule has 2 aromatic rings. The maximum Gasteiger partial charge on any atom is 0.311 e. The zero-order valence-corrected chi connectivity index (χ0v) is 21.4. The summed E-state index contributed by atoms with van der Waals surface area (Å²) in [5.74, 6) is 6.22. The van der Waals surface area contributed by atoms with Gasteiger partial charge in [0, 0.05) is 36.2 Å². The van der Waals surface area contributed by atoms with Gasteiger partial charge in [0.25, 0.3) is 5.91 Å². The van der Waals surface area contributed by atoms with Crippen molar-refractivity contribution in [3.63, 3.8) is 0 Å². The van der Waals surface area contributed by atoms with Crippen molar-refractivity contribution in [2.75, 3.05) is 13.1 Å². The fourth-order valence-corrected chi connectivity index (χ4v) is 4.27. The lowest BCUT2D eigenvalue weighted by molar-refractivity contribution is -0.159. The SMILES string of the molecule is CC(=O)CC(C)Cc1ccc(C#Cc2cccc(C(=O)N3CCC(C(=O)OC(C)(C)C)C3)c2)cc1. The van der Waals surface area contributed by atoms with E-state index in [0.717, 1.165) is 17.5 Å². The number of rotatable bonds is 6. The first-order valence-corrected chi connectivity index (χ1v) is 12.2. The van der Waals surface area contributed by atoms with Crippen LogP contribution in [0.15, 0.2) is 48.5 Å². The number of amides is 1. The molecule has 1 saturated heterocycles. The summed E-state index contributed by atoms with van der Waals surface area (Å²) in [6, 6.07) is 15.4. The van der Waals surface area contributed by atoms with Gasteiger partial charge < -0.3 is 14.4 Å². The van der Waals surface area contributed by atoms with Gasteiger partial charge in [-0.2, -0.15) is 0 Å². The highest BCUT2D eigenvalue weighted by atomic mass is 16.6. The zero-order valence-electron chi connectivity index (χ0n) is 21.4. The van der Waals surface area contributed by atoms with Gasteiger partial charge in [0.1, 0.15) is 11.4 Å². The van der Waals surface area contributed by atoms with Crippen molar-refractivity contribution in [2.24, 2.45) is 11.8 Å². The first-order chi connectivity index (χ1) is 16.5. The van der Waals surface area contributed by atoms with Gasteiger partial charge in [-0.25, -0.2) is 0 Å². The Bertz CT molecular complexity index is 1130. The monoisotopic (exact) mass is 473 g/mol. The van der Waals surface area contributed by atoms with Gasteiger partial charge in [-0.1, -0.05) is 37.0 Å². The van der Waals surface area contributed by atoms with Crippen LogP contribution in [0.4, 0.5) is 0 Å². The molecule has 2 aromatic carbocycles. The summed E-state index contributed by atoms with van der Waals surface area (Å²) in [7, 11) is 0. The molecule has 1 heterocycles. The fourth-order valence-electron chi connectivity index (χ4n) is 4.27. The molecule has 0 bridgehead atoms. The summed E-state index contributed by atoms with van der Waals surface area (Å²) in [6.45, 7) is 10.2. The molecule has 2 atom stereocenters. The van der Waals surface area contributed by atoms with Crippen LogP contribution in [-0.2, 0) is 20.7 Å². The van der Waals surface area contributed by atoms with E-state index in [1.807, 2.05) is 45.0 Å². The predicted octanol–water partition coefficient (Wildman–Crippen LogP) is 5.05. The number of ketones is 1. The van der Waals surface area contributed by atoms with Gasteiger partial charge in [0.2, 0.25) is 0 Å². The Balaban J connectivity index is 1.61. The standard InChI is InChI=1S/C30H35NO4/c1-21(17-22(2)32)18-25-13-10-23(11-14-25)9-12-24-7-6-8-26(19-24)28(33)31-16-15-27(20-31)29(34)35-30(3,4)5/h6-8,10-11,13-14,19,21,27H,15-18,20H2,1-5H3. The summed E-state index contributed by atoms with van der Waals surface area (Å²) in [4.78, 5) is 38.4. The van der Waals surface area contributed by atoms with Crippen molar-refractivity contribution < 1.29 is 19.1 Å². The van der Waals surface area contributed by atoms with Gasteiger partial charge in [-0.05, 0) is 82.3 Å². The summed E-state index contributed by atoms with van der Waals surface area (Å²) >= 11 is 0. The maximum absolute atomic E-state index is 13.0. The van der Waals surface area contributed by atoms with Crippen molar-refractivity contribution in [3.8, 4) is 11.8 Å². The van der Waals surface area contributed by atoms with Gasteiger partial charge >= 0.3 is 5.97 Å². The van der Waals surface area contributed by atoms with E-state index >= 15 is 0 Å². The second-order valence-electron chi connectivity index (χ2n) is 10.5. The van der Waals surface area contributed by atoms with Crippen LogP contribution in [0.2, 0.25) is 0 Å². The number of likely N-dealkylation sites (tertiary alicyclic amines) is 1. The Morgan fingerprint density at radius 3 is 2.40 bits per heavy atom. The molecular weight excluding hydrogens is 438 g/mol. The minimum atomic E-state index is -0.532. The number of carbonyl (C=O) groups is 3. The van der Waals surface area contributed by atoms with Crippen LogP contribution in [0.1, 0.15) is 74.5 Å². The first kappa shape index (κ1) is 26.2. The molecule has 0 spiro atoms. The summed E-state index contributed by atoms with van der Waals surface area (Å²) in [5, 5.41) is 0. The molecule has 1 fully saturated rings. The predicted molar refractivity (Wildman–Crippen MR) is 137 cm³/mol. The Morgan fingerprint density at radius 2 is 1.74 bits per heavy atom. The molecule has 0 aromatic heterocycles. The molecule has 0 saturated carbocycles. The maximum atomic E-state index is 13.0. The molecule has 2 unspecified atom stereocenters. The van der Waals surface area contributed by atoms with E-state index in [-0.39, 0.29) is 23.6 Å². The fraction of sp³-hybridized carbons (Fsp3) is 0.433. The van der Waals surface area contributed by atoms with Crippen molar-refractivity contribution in [1.82, 2.24) is 4.90 Å². The largest absolute Gasteiger partial charge is 0.460 e. The quantitative estimate of drug-likeness (QED) is 0.435. The highest BCUT2D eigenvalue weighted by molar-refractivity contribution is 5.95. The van der Waals surface area contributed by atoms with E-state index in [0.29, 0.717) is 37.4 Å². The van der Waals surface area contributed by atoms with Crippen LogP contribution in [0.25, 0.3) is 0 Å². The smallest absolute Gasteiger partial charge is 0.311 e. The van der Waals surface area contributed by atoms with E-state index < -0.39 is 5.60 Å². The molecule has 0 N–H and O–H groups in total. The summed E-state index contributed by atoms with van der Waals surface area (Å²) < 4.78 is 5.48. The van der Waals surface area contributed by atoms with E-state index in [2.05, 4.69) is 30.9 Å². The van der Waals surface area contributed by atoms with Crippen LogP contribution in [0.5, 0.6) is 0 Å². The molecule has 35 heavy (non-hydrogen) atoms. The molecule has 5 heteroatoms. The van der Waals surface area contributed by atoms with Gasteiger partial charge in [-0.15, -0.1) is 0 Å². The van der Waals surface area contributed by atoms with Crippen molar-refractivity contribution in [1.29, 1.82) is 0 Å². The lowest BCUT2D eigenvalue weighted by atomic mass is 9.96. The second-order valence-corrected chi connectivity index (χ2v) is 10.5. The number of carbonyl (C=O) groups excluding carboxylic acids is 3. The Kier molecular flexibility index (Phi) is 8.51. The van der Waals surface area contributed by atoms with Crippen LogP contribution in [0, 0.1) is 23.7 Å². The number of Topliss-reactive ketones (excluding diaryl/α,β-unsaturated/α-hetero) is 1. The molecule has 1 amide bonds. The third kappa shape index (κ3) is 8.10. The van der Waals surface area contributed by atoms with E-state index in [1.54, 1.807) is 24.0 Å². The van der Waals surface area contributed by atoms with Crippen LogP contribution in [0.3, 0.4) is 0 Å². The number of ether oxygens (including phenoxy) is 1. The lowest BCUT2D eigenvalue weighted by Gasteiger charge is -2.22. The van der Waals surface area contributed by atoms with Gasteiger partial charge in [0.15, 0.2) is 0 Å². The highest BCUT2D eigenvalue weighted by Gasteiger charge is 2.34. The number of esters is 1. The molecular formula is C30H35NO4. The molecule has 1 aliphatic rings. The Morgan fingerprint density at radius 1 is 1.06 bits per heavy atom. The van der Waals surface area contributed by atoms with Crippen LogP contribution >= 0.6 is 0 Å². The average Bonchev–Trinajstić information content (AvgIpc) is 3.27. The molecule has 0 radical (unpaired) electrons. The molecule has 0 aliphatic carbocycles. The van der Waals surface area contributed by atoms with E-state index in [4.69, 9.17) is 4.74 Å². The normalized spacial score (nSPS) is 16.3. The van der Waals surface area contributed by atoms with Crippen LogP contribution < -0.4 is 0 Å². The van der Waals surface area contributed by atoms with Gasteiger partial charge in [0.05, 0.1) is 5.92 Å². The first-order valence-electron chi connectivity index (χ1n) is 12.2. The summed E-state index contributed by atoms with van der Waals surface area (Å²) in [6.07, 6.45) is 2.07. The minimum Gasteiger partial charge on any atom is -0.460 e. The van der Waals surface area contributed by atoms with Crippen molar-refractivity contribution in [2.45, 2.75) is 59.5 Å². The van der Waals surface area contributed by atoms with E-state index in [1.165, 1.54) is 5.56 Å². The Hall–Kier alpha value is -3.39. The highest BCUT2D eigenvalue weighted by Crippen LogP contribution is 2.22. The van der Waals surface area contributed by atoms with E-state index in [9.17, 15) is 14.4 Å². The van der Waals surface area contributed by atoms with Crippen molar-refractivity contribution >= 4 is 17.7 Å². The molecule has 3 rings (SSSR count). The number of hydrogen-bond acceptors (Lipinski definition) is 4. The van der Waals surface area contributed by atoms with Crippen molar-refractivity contribution in [3.05, 3.63) is 70.8 Å². The number of nitrogens with zero attached hydrogens (tertiary/aromatic N) is 1.